The second-order valence-electron chi connectivity index (χ2n) is 5.15. The van der Waals surface area contributed by atoms with Crippen LogP contribution in [0.3, 0.4) is 0 Å². The normalized spacial score (nSPS) is 20.7. The first-order valence-electron chi connectivity index (χ1n) is 7.05. The zero-order valence-electron chi connectivity index (χ0n) is 11.2. The summed E-state index contributed by atoms with van der Waals surface area (Å²) in [4.78, 5) is 11.6. The fraction of sp³-hybridized carbons (Fsp3) is 0.571. The number of halogens is 1. The number of anilines is 1. The van der Waals surface area contributed by atoms with Crippen molar-refractivity contribution < 1.29 is 0 Å². The summed E-state index contributed by atoms with van der Waals surface area (Å²) >= 11 is 3.51. The Kier molecular flexibility index (Phi) is 3.73. The van der Waals surface area contributed by atoms with E-state index in [9.17, 15) is 0 Å². The lowest BCUT2D eigenvalue weighted by Crippen LogP contribution is -2.35. The zero-order valence-corrected chi connectivity index (χ0v) is 12.8. The molecule has 19 heavy (non-hydrogen) atoms. The molecule has 2 aromatic heterocycles. The van der Waals surface area contributed by atoms with E-state index in [0.717, 1.165) is 22.6 Å². The third-order valence-electron chi connectivity index (χ3n) is 3.95. The minimum absolute atomic E-state index is 0.588. The van der Waals surface area contributed by atoms with Crippen molar-refractivity contribution >= 4 is 27.4 Å². The van der Waals surface area contributed by atoms with Gasteiger partial charge in [0.2, 0.25) is 0 Å². The number of hydrogen-bond acceptors (Lipinski definition) is 3. The molecule has 5 heteroatoms. The van der Waals surface area contributed by atoms with E-state index in [-0.39, 0.29) is 0 Å². The Morgan fingerprint density at radius 1 is 1.37 bits per heavy atom. The van der Waals surface area contributed by atoms with Gasteiger partial charge in [0.15, 0.2) is 11.5 Å². The summed E-state index contributed by atoms with van der Waals surface area (Å²) in [6, 6.07) is 0.588. The smallest absolute Gasteiger partial charge is 0.180 e. The zero-order chi connectivity index (χ0) is 13.2. The minimum atomic E-state index is 0.588. The first-order chi connectivity index (χ1) is 9.29. The average molecular weight is 323 g/mol. The van der Waals surface area contributed by atoms with Gasteiger partial charge in [0.1, 0.15) is 4.60 Å². The molecular formula is C14H19BrN4. The van der Waals surface area contributed by atoms with E-state index in [1.54, 1.807) is 0 Å². The van der Waals surface area contributed by atoms with Crippen LogP contribution in [0.2, 0.25) is 0 Å². The Hall–Kier alpha value is -1.10. The molecule has 0 saturated carbocycles. The van der Waals surface area contributed by atoms with Crippen LogP contribution in [0, 0.1) is 0 Å². The third-order valence-corrected chi connectivity index (χ3v) is 4.33. The summed E-state index contributed by atoms with van der Waals surface area (Å²) in [7, 11) is 0. The van der Waals surface area contributed by atoms with Crippen molar-refractivity contribution in [3.8, 4) is 0 Å². The van der Waals surface area contributed by atoms with Gasteiger partial charge in [-0.15, -0.1) is 0 Å². The van der Waals surface area contributed by atoms with E-state index in [0.29, 0.717) is 6.04 Å². The molecule has 4 nitrogen and oxygen atoms in total. The Morgan fingerprint density at radius 2 is 2.26 bits per heavy atom. The van der Waals surface area contributed by atoms with Crippen molar-refractivity contribution in [2.75, 3.05) is 11.4 Å². The molecule has 0 radical (unpaired) electrons. The molecule has 3 rings (SSSR count). The molecule has 1 fully saturated rings. The highest BCUT2D eigenvalue weighted by Crippen LogP contribution is 2.28. The van der Waals surface area contributed by atoms with E-state index in [2.05, 4.69) is 32.7 Å². The number of rotatable bonds is 2. The maximum Gasteiger partial charge on any atom is 0.180 e. The van der Waals surface area contributed by atoms with Gasteiger partial charge in [-0.25, -0.2) is 9.97 Å². The van der Waals surface area contributed by atoms with Gasteiger partial charge < -0.3 is 9.30 Å². The highest BCUT2D eigenvalue weighted by molar-refractivity contribution is 9.10. The van der Waals surface area contributed by atoms with E-state index in [1.807, 2.05) is 23.0 Å². The largest absolute Gasteiger partial charge is 0.351 e. The molecule has 1 aliphatic rings. The van der Waals surface area contributed by atoms with E-state index < -0.39 is 0 Å². The average Bonchev–Trinajstić information content (AvgIpc) is 2.74. The summed E-state index contributed by atoms with van der Waals surface area (Å²) in [5, 5.41) is 0. The lowest BCUT2D eigenvalue weighted by atomic mass is 10.1. The fourth-order valence-corrected chi connectivity index (χ4v) is 3.35. The van der Waals surface area contributed by atoms with Crippen LogP contribution < -0.4 is 4.90 Å². The van der Waals surface area contributed by atoms with Crippen molar-refractivity contribution in [1.82, 2.24) is 14.4 Å². The van der Waals surface area contributed by atoms with Gasteiger partial charge in [0.25, 0.3) is 0 Å². The van der Waals surface area contributed by atoms with Crippen molar-refractivity contribution in [2.45, 2.75) is 45.1 Å². The first kappa shape index (κ1) is 12.9. The van der Waals surface area contributed by atoms with Gasteiger partial charge in [0.05, 0.1) is 0 Å². The number of aromatic nitrogens is 3. The molecule has 0 aliphatic carbocycles. The Balaban J connectivity index is 2.07. The quantitative estimate of drug-likeness (QED) is 0.846. The topological polar surface area (TPSA) is 33.4 Å². The van der Waals surface area contributed by atoms with Gasteiger partial charge in [-0.05, 0) is 35.2 Å². The molecule has 0 spiro atoms. The lowest BCUT2D eigenvalue weighted by molar-refractivity contribution is 0.552. The van der Waals surface area contributed by atoms with Crippen molar-refractivity contribution in [1.29, 1.82) is 0 Å². The van der Waals surface area contributed by atoms with Crippen LogP contribution in [0.4, 0.5) is 5.82 Å². The molecule has 1 atom stereocenters. The van der Waals surface area contributed by atoms with E-state index in [1.165, 1.54) is 32.1 Å². The SMILES string of the molecule is CCC1CCCCCN1c1nc(Br)cn2ccnc12. The van der Waals surface area contributed by atoms with Crippen LogP contribution in [-0.2, 0) is 0 Å². The summed E-state index contributed by atoms with van der Waals surface area (Å²) < 4.78 is 2.91. The Bertz CT molecular complexity index is 566. The number of imidazole rings is 1. The molecule has 2 aromatic rings. The predicted octanol–water partition coefficient (Wildman–Crippen LogP) is 3.65. The van der Waals surface area contributed by atoms with Crippen LogP contribution >= 0.6 is 15.9 Å². The predicted molar refractivity (Wildman–Crippen MR) is 80.6 cm³/mol. The monoisotopic (exact) mass is 322 g/mol. The number of hydrogen-bond donors (Lipinski definition) is 0. The van der Waals surface area contributed by atoms with Crippen LogP contribution in [0.5, 0.6) is 0 Å². The van der Waals surface area contributed by atoms with E-state index in [4.69, 9.17) is 4.98 Å². The molecule has 1 unspecified atom stereocenters. The summed E-state index contributed by atoms with van der Waals surface area (Å²) in [5.74, 6) is 1.02. The summed E-state index contributed by atoms with van der Waals surface area (Å²) in [6.45, 7) is 3.36. The molecule has 3 heterocycles. The highest BCUT2D eigenvalue weighted by Gasteiger charge is 2.23. The Morgan fingerprint density at radius 3 is 3.11 bits per heavy atom. The summed E-state index contributed by atoms with van der Waals surface area (Å²) in [6.07, 6.45) is 12.1. The van der Waals surface area contributed by atoms with Crippen LogP contribution in [0.1, 0.15) is 39.0 Å². The Labute approximate surface area is 122 Å². The molecule has 102 valence electrons. The second-order valence-corrected chi connectivity index (χ2v) is 5.96. The van der Waals surface area contributed by atoms with Crippen LogP contribution in [0.25, 0.3) is 5.65 Å². The molecule has 0 N–H and O–H groups in total. The van der Waals surface area contributed by atoms with Crippen molar-refractivity contribution in [2.24, 2.45) is 0 Å². The molecule has 0 aromatic carbocycles. The van der Waals surface area contributed by atoms with E-state index >= 15 is 0 Å². The standard InChI is InChI=1S/C14H19BrN4/c1-2-11-6-4-3-5-8-19(11)14-13-16-7-9-18(13)10-12(15)17-14/h7,9-11H,2-6,8H2,1H3. The lowest BCUT2D eigenvalue weighted by Gasteiger charge is -2.30. The van der Waals surface area contributed by atoms with Gasteiger partial charge >= 0.3 is 0 Å². The maximum atomic E-state index is 4.70. The molecule has 1 aliphatic heterocycles. The second kappa shape index (κ2) is 5.49. The molecule has 0 bridgehead atoms. The number of nitrogens with zero attached hydrogens (tertiary/aromatic N) is 4. The maximum absolute atomic E-state index is 4.70. The van der Waals surface area contributed by atoms with Gasteiger partial charge in [0, 0.05) is 31.2 Å². The minimum Gasteiger partial charge on any atom is -0.351 e. The third kappa shape index (κ3) is 2.48. The highest BCUT2D eigenvalue weighted by atomic mass is 79.9. The van der Waals surface area contributed by atoms with Crippen molar-refractivity contribution in [3.63, 3.8) is 0 Å². The van der Waals surface area contributed by atoms with Gasteiger partial charge in [-0.2, -0.15) is 0 Å². The molecular weight excluding hydrogens is 304 g/mol. The first-order valence-corrected chi connectivity index (χ1v) is 7.84. The van der Waals surface area contributed by atoms with Crippen LogP contribution in [0.15, 0.2) is 23.2 Å². The number of fused-ring (bicyclic) bond motifs is 1. The fourth-order valence-electron chi connectivity index (χ4n) is 2.96. The summed E-state index contributed by atoms with van der Waals surface area (Å²) in [5.41, 5.74) is 0.962. The van der Waals surface area contributed by atoms with Crippen LogP contribution in [-0.4, -0.2) is 27.0 Å². The molecule has 1 saturated heterocycles. The van der Waals surface area contributed by atoms with Crippen molar-refractivity contribution in [3.05, 3.63) is 23.2 Å². The molecule has 0 amide bonds. The van der Waals surface area contributed by atoms with Gasteiger partial charge in [-0.1, -0.05) is 19.8 Å². The van der Waals surface area contributed by atoms with Gasteiger partial charge in [-0.3, -0.25) is 0 Å².